The Morgan fingerprint density at radius 1 is 1.19 bits per heavy atom. The highest BCUT2D eigenvalue weighted by atomic mass is 32.2. The normalized spacial score (nSPS) is 24.4. The van der Waals surface area contributed by atoms with Crippen molar-refractivity contribution >= 4 is 15.9 Å². The average molecular weight is 380 g/mol. The van der Waals surface area contributed by atoms with Crippen molar-refractivity contribution in [1.29, 1.82) is 0 Å². The highest BCUT2D eigenvalue weighted by Crippen LogP contribution is 2.38. The van der Waals surface area contributed by atoms with Crippen LogP contribution in [-0.2, 0) is 20.2 Å². The third kappa shape index (κ3) is 3.66. The number of carbonyl (C=O) groups is 1. The molecule has 26 heavy (non-hydrogen) atoms. The van der Waals surface area contributed by atoms with Crippen LogP contribution >= 0.6 is 0 Å². The van der Waals surface area contributed by atoms with Gasteiger partial charge >= 0.3 is 0 Å². The average Bonchev–Trinajstić information content (AvgIpc) is 2.68. The van der Waals surface area contributed by atoms with Gasteiger partial charge in [0.15, 0.2) is 0 Å². The molecule has 0 aromatic heterocycles. The number of nitrogens with zero attached hydrogens (tertiary/aromatic N) is 2. The van der Waals surface area contributed by atoms with Crippen molar-refractivity contribution in [3.63, 3.8) is 0 Å². The van der Waals surface area contributed by atoms with Gasteiger partial charge in [0.1, 0.15) is 0 Å². The number of sulfonamides is 1. The SMILES string of the molecule is CCS(=O)(=O)N1CCC(C(=O)N2CCCC(N)C2)(c2ccccc2)CC1. The van der Waals surface area contributed by atoms with Crippen molar-refractivity contribution in [1.82, 2.24) is 9.21 Å². The minimum absolute atomic E-state index is 0.0288. The lowest BCUT2D eigenvalue weighted by atomic mass is 9.71. The first-order valence-corrected chi connectivity index (χ1v) is 11.1. The second kappa shape index (κ2) is 7.66. The van der Waals surface area contributed by atoms with Crippen LogP contribution in [0.5, 0.6) is 0 Å². The van der Waals surface area contributed by atoms with E-state index in [2.05, 4.69) is 0 Å². The Bertz CT molecular complexity index is 728. The van der Waals surface area contributed by atoms with Crippen molar-refractivity contribution in [3.8, 4) is 0 Å². The van der Waals surface area contributed by atoms with Crippen LogP contribution in [0.4, 0.5) is 0 Å². The fourth-order valence-corrected chi connectivity index (χ4v) is 5.31. The van der Waals surface area contributed by atoms with E-state index >= 15 is 0 Å². The lowest BCUT2D eigenvalue weighted by molar-refractivity contribution is -0.140. The molecule has 2 aliphatic rings. The zero-order valence-corrected chi connectivity index (χ0v) is 16.2. The van der Waals surface area contributed by atoms with Gasteiger partial charge in [-0.05, 0) is 38.2 Å². The summed E-state index contributed by atoms with van der Waals surface area (Å²) >= 11 is 0. The van der Waals surface area contributed by atoms with Gasteiger partial charge in [0.25, 0.3) is 0 Å². The van der Waals surface area contributed by atoms with Gasteiger partial charge in [0.05, 0.1) is 11.2 Å². The molecule has 2 fully saturated rings. The summed E-state index contributed by atoms with van der Waals surface area (Å²) in [6.07, 6.45) is 2.90. The van der Waals surface area contributed by atoms with Gasteiger partial charge in [-0.3, -0.25) is 4.79 Å². The molecule has 2 aliphatic heterocycles. The van der Waals surface area contributed by atoms with Gasteiger partial charge in [-0.2, -0.15) is 0 Å². The number of carbonyl (C=O) groups excluding carboxylic acids is 1. The second-order valence-corrected chi connectivity index (χ2v) is 9.66. The lowest BCUT2D eigenvalue weighted by Crippen LogP contribution is -2.57. The van der Waals surface area contributed by atoms with Crippen molar-refractivity contribution in [2.75, 3.05) is 31.9 Å². The Labute approximate surface area is 156 Å². The predicted molar refractivity (Wildman–Crippen MR) is 102 cm³/mol. The summed E-state index contributed by atoms with van der Waals surface area (Å²) < 4.78 is 26.0. The number of nitrogens with two attached hydrogens (primary N) is 1. The molecular weight excluding hydrogens is 350 g/mol. The summed E-state index contributed by atoms with van der Waals surface area (Å²) in [7, 11) is -3.22. The number of hydrogen-bond acceptors (Lipinski definition) is 4. The maximum Gasteiger partial charge on any atom is 0.233 e. The molecular formula is C19H29N3O3S. The molecule has 2 N–H and O–H groups in total. The standard InChI is InChI=1S/C19H29N3O3S/c1-2-26(24,25)22-13-10-19(11-14-22,16-7-4-3-5-8-16)18(23)21-12-6-9-17(20)15-21/h3-5,7-8,17H,2,6,9-15,20H2,1H3. The molecule has 0 aliphatic carbocycles. The van der Waals surface area contributed by atoms with E-state index < -0.39 is 15.4 Å². The van der Waals surface area contributed by atoms with E-state index in [1.54, 1.807) is 6.92 Å². The van der Waals surface area contributed by atoms with Crippen LogP contribution in [0.3, 0.4) is 0 Å². The van der Waals surface area contributed by atoms with Crippen LogP contribution in [0.15, 0.2) is 30.3 Å². The Balaban J connectivity index is 1.89. The van der Waals surface area contributed by atoms with Gasteiger partial charge in [-0.15, -0.1) is 0 Å². The minimum atomic E-state index is -3.22. The molecule has 1 atom stereocenters. The lowest BCUT2D eigenvalue weighted by Gasteiger charge is -2.44. The van der Waals surface area contributed by atoms with Crippen LogP contribution in [0.1, 0.15) is 38.2 Å². The van der Waals surface area contributed by atoms with E-state index in [1.165, 1.54) is 4.31 Å². The van der Waals surface area contributed by atoms with E-state index in [1.807, 2.05) is 35.2 Å². The van der Waals surface area contributed by atoms with E-state index in [0.29, 0.717) is 32.5 Å². The third-order valence-corrected chi connectivity index (χ3v) is 7.70. The first-order chi connectivity index (χ1) is 12.4. The molecule has 2 heterocycles. The quantitative estimate of drug-likeness (QED) is 0.855. The molecule has 0 saturated carbocycles. The van der Waals surface area contributed by atoms with E-state index in [9.17, 15) is 13.2 Å². The van der Waals surface area contributed by atoms with Crippen LogP contribution in [0.2, 0.25) is 0 Å². The second-order valence-electron chi connectivity index (χ2n) is 7.40. The maximum absolute atomic E-state index is 13.5. The Morgan fingerprint density at radius 2 is 1.85 bits per heavy atom. The predicted octanol–water partition coefficient (Wildman–Crippen LogP) is 1.32. The van der Waals surface area contributed by atoms with Crippen molar-refractivity contribution < 1.29 is 13.2 Å². The maximum atomic E-state index is 13.5. The molecule has 6 nitrogen and oxygen atoms in total. The Kier molecular flexibility index (Phi) is 5.69. The molecule has 1 aromatic rings. The van der Waals surface area contributed by atoms with E-state index in [0.717, 1.165) is 24.9 Å². The van der Waals surface area contributed by atoms with Gasteiger partial charge in [-0.1, -0.05) is 30.3 Å². The number of amides is 1. The first-order valence-electron chi connectivity index (χ1n) is 9.47. The van der Waals surface area contributed by atoms with Crippen molar-refractivity contribution in [2.24, 2.45) is 5.73 Å². The summed E-state index contributed by atoms with van der Waals surface area (Å²) in [5.74, 6) is 0.202. The Hall–Kier alpha value is -1.44. The summed E-state index contributed by atoms with van der Waals surface area (Å²) in [5, 5.41) is 0. The fourth-order valence-electron chi connectivity index (χ4n) is 4.21. The Morgan fingerprint density at radius 3 is 2.42 bits per heavy atom. The highest BCUT2D eigenvalue weighted by molar-refractivity contribution is 7.89. The van der Waals surface area contributed by atoms with E-state index in [4.69, 9.17) is 5.73 Å². The summed E-state index contributed by atoms with van der Waals surface area (Å²) in [4.78, 5) is 15.4. The van der Waals surface area contributed by atoms with Gasteiger partial charge in [0.2, 0.25) is 15.9 Å². The molecule has 0 spiro atoms. The van der Waals surface area contributed by atoms with Gasteiger partial charge in [0, 0.05) is 32.2 Å². The fraction of sp³-hybridized carbons (Fsp3) is 0.632. The zero-order valence-electron chi connectivity index (χ0n) is 15.4. The number of likely N-dealkylation sites (tertiary alicyclic amines) is 1. The molecule has 0 bridgehead atoms. The largest absolute Gasteiger partial charge is 0.340 e. The minimum Gasteiger partial charge on any atom is -0.340 e. The van der Waals surface area contributed by atoms with Gasteiger partial charge < -0.3 is 10.6 Å². The van der Waals surface area contributed by atoms with Crippen molar-refractivity contribution in [3.05, 3.63) is 35.9 Å². The van der Waals surface area contributed by atoms with Crippen LogP contribution in [0, 0.1) is 0 Å². The van der Waals surface area contributed by atoms with Gasteiger partial charge in [-0.25, -0.2) is 12.7 Å². The number of piperidine rings is 2. The van der Waals surface area contributed by atoms with Crippen LogP contribution < -0.4 is 5.73 Å². The smallest absolute Gasteiger partial charge is 0.233 e. The topological polar surface area (TPSA) is 83.7 Å². The monoisotopic (exact) mass is 379 g/mol. The summed E-state index contributed by atoms with van der Waals surface area (Å²) in [6.45, 7) is 3.75. The first kappa shape index (κ1) is 19.3. The number of rotatable bonds is 4. The summed E-state index contributed by atoms with van der Waals surface area (Å²) in [6, 6.07) is 9.84. The molecule has 0 radical (unpaired) electrons. The number of benzene rings is 1. The molecule has 3 rings (SSSR count). The molecule has 1 amide bonds. The molecule has 144 valence electrons. The van der Waals surface area contributed by atoms with Crippen LogP contribution in [0.25, 0.3) is 0 Å². The highest BCUT2D eigenvalue weighted by Gasteiger charge is 2.46. The molecule has 1 unspecified atom stereocenters. The zero-order chi connectivity index (χ0) is 18.8. The van der Waals surface area contributed by atoms with E-state index in [-0.39, 0.29) is 17.7 Å². The molecule has 2 saturated heterocycles. The molecule has 1 aromatic carbocycles. The summed E-state index contributed by atoms with van der Waals surface area (Å²) in [5.41, 5.74) is 6.42. The molecule has 7 heteroatoms. The van der Waals surface area contributed by atoms with Crippen LogP contribution in [-0.4, -0.2) is 61.5 Å². The number of hydrogen-bond donors (Lipinski definition) is 1. The third-order valence-electron chi connectivity index (χ3n) is 5.81. The van der Waals surface area contributed by atoms with Crippen molar-refractivity contribution in [2.45, 2.75) is 44.1 Å².